The van der Waals surface area contributed by atoms with Gasteiger partial charge in [-0.05, 0) is 12.1 Å². The molecule has 0 saturated heterocycles. The normalized spacial score (nSPS) is 11.6. The molecule has 0 radical (unpaired) electrons. The summed E-state index contributed by atoms with van der Waals surface area (Å²) in [5.41, 5.74) is 0.772. The topological polar surface area (TPSA) is 84.5 Å². The molecule has 1 aromatic heterocycles. The van der Waals surface area contributed by atoms with Gasteiger partial charge in [-0.25, -0.2) is 8.42 Å². The van der Waals surface area contributed by atoms with Gasteiger partial charge in [0.25, 0.3) is 0 Å². The monoisotopic (exact) mass is 311 g/mol. The van der Waals surface area contributed by atoms with Crippen LogP contribution in [0.4, 0.5) is 0 Å². The predicted molar refractivity (Wildman–Crippen MR) is 76.8 cm³/mol. The number of methoxy groups -OCH3 is 2. The van der Waals surface area contributed by atoms with Crippen molar-refractivity contribution in [2.75, 3.05) is 21.3 Å². The number of sulfonamides is 1. The van der Waals surface area contributed by atoms with Gasteiger partial charge in [0.05, 0.1) is 20.4 Å². The predicted octanol–water partition coefficient (Wildman–Crippen LogP) is 1.25. The Balaban J connectivity index is 2.34. The molecule has 21 heavy (non-hydrogen) atoms. The van der Waals surface area contributed by atoms with E-state index in [9.17, 15) is 8.42 Å². The summed E-state index contributed by atoms with van der Waals surface area (Å²) in [5, 5.41) is 6.45. The second kappa shape index (κ2) is 6.15. The van der Waals surface area contributed by atoms with Crippen LogP contribution in [0.25, 0.3) is 0 Å². The molecule has 0 saturated carbocycles. The Hall–Kier alpha value is -2.06. The van der Waals surface area contributed by atoms with Crippen molar-refractivity contribution in [1.29, 1.82) is 0 Å². The third-order valence-electron chi connectivity index (χ3n) is 3.02. The maximum atomic E-state index is 12.6. The zero-order valence-electron chi connectivity index (χ0n) is 12.0. The number of ether oxygens (including phenoxy) is 2. The van der Waals surface area contributed by atoms with Gasteiger partial charge in [0.2, 0.25) is 10.0 Å². The molecule has 0 amide bonds. The fraction of sp³-hybridized carbons (Fsp3) is 0.308. The van der Waals surface area contributed by atoms with Crippen LogP contribution in [0, 0.1) is 0 Å². The van der Waals surface area contributed by atoms with Crippen LogP contribution in [0.3, 0.4) is 0 Å². The fourth-order valence-corrected chi connectivity index (χ4v) is 3.15. The minimum absolute atomic E-state index is 0.0943. The van der Waals surface area contributed by atoms with E-state index in [0.717, 1.165) is 5.56 Å². The lowest BCUT2D eigenvalue weighted by atomic mass is 10.3. The summed E-state index contributed by atoms with van der Waals surface area (Å²) < 4.78 is 36.7. The van der Waals surface area contributed by atoms with Crippen LogP contribution in [0.2, 0.25) is 0 Å². The Morgan fingerprint density at radius 1 is 1.29 bits per heavy atom. The molecule has 0 aliphatic heterocycles. The molecule has 0 fully saturated rings. The van der Waals surface area contributed by atoms with E-state index in [1.165, 1.54) is 31.6 Å². The molecule has 2 aromatic rings. The van der Waals surface area contributed by atoms with Gasteiger partial charge in [-0.15, -0.1) is 0 Å². The Labute approximate surface area is 123 Å². The number of nitrogens with one attached hydrogen (secondary N) is 1. The van der Waals surface area contributed by atoms with Crippen LogP contribution < -0.4 is 9.47 Å². The quantitative estimate of drug-likeness (QED) is 0.868. The van der Waals surface area contributed by atoms with E-state index in [1.807, 2.05) is 0 Å². The van der Waals surface area contributed by atoms with Crippen LogP contribution in [-0.4, -0.2) is 44.2 Å². The van der Waals surface area contributed by atoms with Crippen LogP contribution in [0.5, 0.6) is 11.5 Å². The van der Waals surface area contributed by atoms with Gasteiger partial charge in [-0.3, -0.25) is 5.10 Å². The maximum absolute atomic E-state index is 12.6. The molecular formula is C13H17N3O4S. The van der Waals surface area contributed by atoms with Gasteiger partial charge in [-0.2, -0.15) is 9.40 Å². The molecule has 0 spiro atoms. The first-order chi connectivity index (χ1) is 9.98. The highest BCUT2D eigenvalue weighted by atomic mass is 32.2. The zero-order chi connectivity index (χ0) is 15.5. The average Bonchev–Trinajstić information content (AvgIpc) is 2.99. The minimum atomic E-state index is -3.67. The van der Waals surface area contributed by atoms with E-state index < -0.39 is 10.0 Å². The lowest BCUT2D eigenvalue weighted by molar-refractivity contribution is 0.383. The highest BCUT2D eigenvalue weighted by molar-refractivity contribution is 7.89. The van der Waals surface area contributed by atoms with Gasteiger partial charge in [-0.1, -0.05) is 0 Å². The number of hydrogen-bond acceptors (Lipinski definition) is 5. The molecule has 2 rings (SSSR count). The molecule has 0 unspecified atom stereocenters. The number of aromatic amines is 1. The number of benzene rings is 1. The summed E-state index contributed by atoms with van der Waals surface area (Å²) in [7, 11) is 0.763. The van der Waals surface area contributed by atoms with E-state index in [-0.39, 0.29) is 17.2 Å². The maximum Gasteiger partial charge on any atom is 0.246 e. The van der Waals surface area contributed by atoms with Gasteiger partial charge in [0, 0.05) is 31.4 Å². The van der Waals surface area contributed by atoms with Crippen molar-refractivity contribution in [3.05, 3.63) is 36.2 Å². The summed E-state index contributed by atoms with van der Waals surface area (Å²) in [6, 6.07) is 4.60. The van der Waals surface area contributed by atoms with Crippen molar-refractivity contribution in [3.63, 3.8) is 0 Å². The zero-order valence-corrected chi connectivity index (χ0v) is 12.8. The van der Waals surface area contributed by atoms with Gasteiger partial charge < -0.3 is 9.47 Å². The van der Waals surface area contributed by atoms with Crippen LogP contribution in [-0.2, 0) is 16.6 Å². The van der Waals surface area contributed by atoms with E-state index >= 15 is 0 Å². The molecule has 114 valence electrons. The Morgan fingerprint density at radius 2 is 2.05 bits per heavy atom. The average molecular weight is 311 g/mol. The van der Waals surface area contributed by atoms with Crippen LogP contribution >= 0.6 is 0 Å². The van der Waals surface area contributed by atoms with Crippen LogP contribution in [0.15, 0.2) is 35.5 Å². The van der Waals surface area contributed by atoms with Crippen molar-refractivity contribution in [1.82, 2.24) is 14.5 Å². The summed E-state index contributed by atoms with van der Waals surface area (Å²) in [4.78, 5) is 0.0943. The highest BCUT2D eigenvalue weighted by Crippen LogP contribution is 2.30. The van der Waals surface area contributed by atoms with E-state index in [4.69, 9.17) is 9.47 Å². The number of rotatable bonds is 6. The molecule has 0 atom stereocenters. The van der Waals surface area contributed by atoms with Gasteiger partial charge >= 0.3 is 0 Å². The Kier molecular flexibility index (Phi) is 4.49. The summed E-state index contributed by atoms with van der Waals surface area (Å²) in [6.45, 7) is 0.216. The Morgan fingerprint density at radius 3 is 2.62 bits per heavy atom. The van der Waals surface area contributed by atoms with Crippen molar-refractivity contribution in [2.45, 2.75) is 11.4 Å². The standard InChI is InChI=1S/C13H17N3O4S/c1-16(9-10-7-14-15-8-10)21(17,18)13-5-4-11(19-2)6-12(13)20-3/h4-8H,9H2,1-3H3,(H,14,15). The number of aromatic nitrogens is 2. The molecule has 0 aliphatic carbocycles. The second-order valence-corrected chi connectivity index (χ2v) is 6.40. The smallest absolute Gasteiger partial charge is 0.246 e. The molecule has 8 heteroatoms. The van der Waals surface area contributed by atoms with Gasteiger partial charge in [0.1, 0.15) is 16.4 Å². The first-order valence-corrected chi connectivity index (χ1v) is 7.59. The third kappa shape index (κ3) is 3.17. The highest BCUT2D eigenvalue weighted by Gasteiger charge is 2.25. The third-order valence-corrected chi connectivity index (χ3v) is 4.86. The first kappa shape index (κ1) is 15.3. The lowest BCUT2D eigenvalue weighted by Gasteiger charge is -2.18. The van der Waals surface area contributed by atoms with Crippen molar-refractivity contribution in [2.24, 2.45) is 0 Å². The summed E-state index contributed by atoms with van der Waals surface area (Å²) in [5.74, 6) is 0.775. The minimum Gasteiger partial charge on any atom is -0.497 e. The van der Waals surface area contributed by atoms with E-state index in [2.05, 4.69) is 10.2 Å². The molecule has 0 aliphatic rings. The lowest BCUT2D eigenvalue weighted by Crippen LogP contribution is -2.26. The molecule has 1 aromatic carbocycles. The van der Waals surface area contributed by atoms with Crippen molar-refractivity contribution >= 4 is 10.0 Å². The van der Waals surface area contributed by atoms with E-state index in [0.29, 0.717) is 5.75 Å². The van der Waals surface area contributed by atoms with E-state index in [1.54, 1.807) is 24.5 Å². The summed E-state index contributed by atoms with van der Waals surface area (Å²) >= 11 is 0. The second-order valence-electron chi connectivity index (χ2n) is 4.38. The van der Waals surface area contributed by atoms with Gasteiger partial charge in [0.15, 0.2) is 0 Å². The van der Waals surface area contributed by atoms with Crippen molar-refractivity contribution < 1.29 is 17.9 Å². The number of nitrogens with zero attached hydrogens (tertiary/aromatic N) is 2. The largest absolute Gasteiger partial charge is 0.497 e. The Bertz CT molecular complexity index is 698. The molecule has 7 nitrogen and oxygen atoms in total. The number of H-pyrrole nitrogens is 1. The fourth-order valence-electron chi connectivity index (χ4n) is 1.86. The molecule has 0 bridgehead atoms. The molecular weight excluding hydrogens is 294 g/mol. The van der Waals surface area contributed by atoms with Crippen molar-refractivity contribution in [3.8, 4) is 11.5 Å². The van der Waals surface area contributed by atoms with Crippen LogP contribution in [0.1, 0.15) is 5.56 Å². The first-order valence-electron chi connectivity index (χ1n) is 6.15. The molecule has 1 N–H and O–H groups in total. The summed E-state index contributed by atoms with van der Waals surface area (Å²) in [6.07, 6.45) is 3.23. The SMILES string of the molecule is COc1ccc(S(=O)(=O)N(C)Cc2cn[nH]c2)c(OC)c1. The number of hydrogen-bond donors (Lipinski definition) is 1. The molecule has 1 heterocycles.